The second kappa shape index (κ2) is 7.53. The Morgan fingerprint density at radius 1 is 0.920 bits per heavy atom. The van der Waals surface area contributed by atoms with Gasteiger partial charge >= 0.3 is 0 Å². The number of carbonyl (C=O) groups excluding carboxylic acids is 1. The fourth-order valence-electron chi connectivity index (χ4n) is 2.23. The summed E-state index contributed by atoms with van der Waals surface area (Å²) in [7, 11) is 0. The van der Waals surface area contributed by atoms with Gasteiger partial charge in [0.25, 0.3) is 5.91 Å². The summed E-state index contributed by atoms with van der Waals surface area (Å²) in [4.78, 5) is 16.3. The van der Waals surface area contributed by atoms with Crippen LogP contribution in [0.5, 0.6) is 0 Å². The number of anilines is 2. The van der Waals surface area contributed by atoms with Gasteiger partial charge in [0.15, 0.2) is 0 Å². The molecule has 0 aliphatic heterocycles. The van der Waals surface area contributed by atoms with Crippen LogP contribution in [0.1, 0.15) is 16.1 Å². The smallest absolute Gasteiger partial charge is 0.274 e. The first-order valence-electron chi connectivity index (χ1n) is 7.61. The Hall–Kier alpha value is -3.28. The highest BCUT2D eigenvalue weighted by molar-refractivity contribution is 6.03. The summed E-state index contributed by atoms with van der Waals surface area (Å²) in [6, 6.07) is 15.1. The van der Waals surface area contributed by atoms with E-state index in [0.29, 0.717) is 17.9 Å². The molecule has 25 heavy (non-hydrogen) atoms. The molecule has 3 rings (SSSR count). The highest BCUT2D eigenvalue weighted by Gasteiger charge is 2.09. The zero-order chi connectivity index (χ0) is 17.6. The van der Waals surface area contributed by atoms with Gasteiger partial charge in [-0.2, -0.15) is 0 Å². The van der Waals surface area contributed by atoms with E-state index in [0.717, 1.165) is 5.56 Å². The van der Waals surface area contributed by atoms with Gasteiger partial charge in [0.2, 0.25) is 0 Å². The first-order chi connectivity index (χ1) is 12.1. The maximum absolute atomic E-state index is 13.2. The van der Waals surface area contributed by atoms with Crippen molar-refractivity contribution in [2.24, 2.45) is 0 Å². The Morgan fingerprint density at radius 2 is 1.72 bits per heavy atom. The molecular weight excluding hydrogens is 324 g/mol. The SMILES string of the molecule is O=C(Nc1cccc(F)c1)c1cc(NCc2ccc(F)cc2)ccn1. The Morgan fingerprint density at radius 3 is 2.48 bits per heavy atom. The summed E-state index contributed by atoms with van der Waals surface area (Å²) in [5.41, 5.74) is 2.16. The fourth-order valence-corrected chi connectivity index (χ4v) is 2.23. The van der Waals surface area contributed by atoms with Crippen LogP contribution in [0.3, 0.4) is 0 Å². The van der Waals surface area contributed by atoms with Crippen LogP contribution in [-0.4, -0.2) is 10.9 Å². The average molecular weight is 339 g/mol. The molecule has 1 heterocycles. The molecule has 0 unspecified atom stereocenters. The predicted molar refractivity (Wildman–Crippen MR) is 92.3 cm³/mol. The van der Waals surface area contributed by atoms with E-state index in [4.69, 9.17) is 0 Å². The molecule has 0 atom stereocenters. The number of pyridine rings is 1. The van der Waals surface area contributed by atoms with E-state index in [1.165, 1.54) is 36.5 Å². The van der Waals surface area contributed by atoms with Gasteiger partial charge in [-0.25, -0.2) is 8.78 Å². The highest BCUT2D eigenvalue weighted by atomic mass is 19.1. The minimum atomic E-state index is -0.434. The van der Waals surface area contributed by atoms with E-state index in [2.05, 4.69) is 15.6 Å². The zero-order valence-corrected chi connectivity index (χ0v) is 13.2. The van der Waals surface area contributed by atoms with Gasteiger partial charge in [-0.3, -0.25) is 9.78 Å². The number of halogens is 2. The third-order valence-electron chi connectivity index (χ3n) is 3.48. The van der Waals surface area contributed by atoms with Crippen LogP contribution < -0.4 is 10.6 Å². The first kappa shape index (κ1) is 16.6. The van der Waals surface area contributed by atoms with Crippen LogP contribution in [0, 0.1) is 11.6 Å². The molecule has 0 fully saturated rings. The van der Waals surface area contributed by atoms with Crippen LogP contribution >= 0.6 is 0 Å². The van der Waals surface area contributed by atoms with Crippen molar-refractivity contribution in [1.82, 2.24) is 4.98 Å². The Balaban J connectivity index is 1.66. The summed E-state index contributed by atoms with van der Waals surface area (Å²) in [6.45, 7) is 0.481. The molecule has 0 aliphatic rings. The van der Waals surface area contributed by atoms with Gasteiger partial charge < -0.3 is 10.6 Å². The van der Waals surface area contributed by atoms with Crippen LogP contribution in [-0.2, 0) is 6.54 Å². The second-order valence-corrected chi connectivity index (χ2v) is 5.37. The molecule has 2 aromatic carbocycles. The summed E-state index contributed by atoms with van der Waals surface area (Å²) in [6.07, 6.45) is 1.51. The van der Waals surface area contributed by atoms with Gasteiger partial charge in [0.1, 0.15) is 17.3 Å². The van der Waals surface area contributed by atoms with E-state index in [1.54, 1.807) is 30.3 Å². The van der Waals surface area contributed by atoms with E-state index in [9.17, 15) is 13.6 Å². The molecule has 1 amide bonds. The number of rotatable bonds is 5. The molecule has 1 aromatic heterocycles. The van der Waals surface area contributed by atoms with Crippen molar-refractivity contribution in [2.45, 2.75) is 6.54 Å². The molecule has 4 nitrogen and oxygen atoms in total. The van der Waals surface area contributed by atoms with Crippen molar-refractivity contribution >= 4 is 17.3 Å². The van der Waals surface area contributed by atoms with E-state index < -0.39 is 11.7 Å². The molecule has 0 saturated heterocycles. The van der Waals surface area contributed by atoms with Crippen LogP contribution in [0.2, 0.25) is 0 Å². The maximum Gasteiger partial charge on any atom is 0.274 e. The van der Waals surface area contributed by atoms with Crippen molar-refractivity contribution in [3.05, 3.63) is 89.8 Å². The van der Waals surface area contributed by atoms with Gasteiger partial charge in [-0.1, -0.05) is 18.2 Å². The van der Waals surface area contributed by atoms with Gasteiger partial charge in [-0.15, -0.1) is 0 Å². The minimum Gasteiger partial charge on any atom is -0.381 e. The summed E-state index contributed by atoms with van der Waals surface area (Å²) in [5.74, 6) is -1.15. The Labute approximate surface area is 143 Å². The molecule has 0 bridgehead atoms. The Kier molecular flexibility index (Phi) is 4.99. The van der Waals surface area contributed by atoms with Crippen molar-refractivity contribution < 1.29 is 13.6 Å². The molecule has 0 spiro atoms. The number of hydrogen-bond acceptors (Lipinski definition) is 3. The standard InChI is InChI=1S/C19H15F2N3O/c20-14-6-4-13(5-7-14)12-23-16-8-9-22-18(11-16)19(25)24-17-3-1-2-15(21)10-17/h1-11H,12H2,(H,22,23)(H,24,25). The highest BCUT2D eigenvalue weighted by Crippen LogP contribution is 2.14. The van der Waals surface area contributed by atoms with Gasteiger partial charge in [0, 0.05) is 24.1 Å². The lowest BCUT2D eigenvalue weighted by Crippen LogP contribution is -2.14. The van der Waals surface area contributed by atoms with E-state index in [-0.39, 0.29) is 11.5 Å². The van der Waals surface area contributed by atoms with Crippen molar-refractivity contribution in [3.8, 4) is 0 Å². The topological polar surface area (TPSA) is 54.0 Å². The van der Waals surface area contributed by atoms with Crippen molar-refractivity contribution in [2.75, 3.05) is 10.6 Å². The first-order valence-corrected chi connectivity index (χ1v) is 7.61. The lowest BCUT2D eigenvalue weighted by atomic mass is 10.2. The lowest BCUT2D eigenvalue weighted by Gasteiger charge is -2.09. The lowest BCUT2D eigenvalue weighted by molar-refractivity contribution is 0.102. The molecular formula is C19H15F2N3O. The molecule has 6 heteroatoms. The number of aromatic nitrogens is 1. The monoisotopic (exact) mass is 339 g/mol. The quantitative estimate of drug-likeness (QED) is 0.732. The number of carbonyl (C=O) groups is 1. The summed E-state index contributed by atoms with van der Waals surface area (Å²) >= 11 is 0. The third kappa shape index (κ3) is 4.60. The molecule has 0 saturated carbocycles. The van der Waals surface area contributed by atoms with Crippen LogP contribution in [0.15, 0.2) is 66.9 Å². The van der Waals surface area contributed by atoms with Crippen LogP contribution in [0.25, 0.3) is 0 Å². The van der Waals surface area contributed by atoms with E-state index in [1.807, 2.05) is 0 Å². The zero-order valence-electron chi connectivity index (χ0n) is 13.2. The number of hydrogen-bond donors (Lipinski definition) is 2. The van der Waals surface area contributed by atoms with Crippen LogP contribution in [0.4, 0.5) is 20.2 Å². The number of nitrogens with one attached hydrogen (secondary N) is 2. The number of nitrogens with zero attached hydrogens (tertiary/aromatic N) is 1. The summed E-state index contributed by atoms with van der Waals surface area (Å²) < 4.78 is 26.1. The largest absolute Gasteiger partial charge is 0.381 e. The van der Waals surface area contributed by atoms with Crippen molar-refractivity contribution in [1.29, 1.82) is 0 Å². The molecule has 126 valence electrons. The van der Waals surface area contributed by atoms with Crippen molar-refractivity contribution in [3.63, 3.8) is 0 Å². The minimum absolute atomic E-state index is 0.202. The molecule has 2 N–H and O–H groups in total. The molecule has 3 aromatic rings. The predicted octanol–water partition coefficient (Wildman–Crippen LogP) is 4.22. The van der Waals surface area contributed by atoms with Gasteiger partial charge in [-0.05, 0) is 48.0 Å². The molecule has 0 aliphatic carbocycles. The number of amides is 1. The Bertz CT molecular complexity index is 882. The molecule has 0 radical (unpaired) electrons. The summed E-state index contributed by atoms with van der Waals surface area (Å²) in [5, 5.41) is 5.74. The van der Waals surface area contributed by atoms with Gasteiger partial charge in [0.05, 0.1) is 0 Å². The fraction of sp³-hybridized carbons (Fsp3) is 0.0526. The maximum atomic E-state index is 13.2. The number of benzene rings is 2. The second-order valence-electron chi connectivity index (χ2n) is 5.37. The van der Waals surface area contributed by atoms with E-state index >= 15 is 0 Å². The normalized spacial score (nSPS) is 10.3. The average Bonchev–Trinajstić information content (AvgIpc) is 2.61. The third-order valence-corrected chi connectivity index (χ3v) is 3.48.